The number of benzene rings is 1. The first-order valence-corrected chi connectivity index (χ1v) is 5.04. The Morgan fingerprint density at radius 1 is 1.29 bits per heavy atom. The number of carboxylic acids is 1. The summed E-state index contributed by atoms with van der Waals surface area (Å²) in [7, 11) is 0. The Labute approximate surface area is 97.6 Å². The van der Waals surface area contributed by atoms with E-state index in [0.717, 1.165) is 5.56 Å². The minimum absolute atomic E-state index is 0.0252. The Hall–Kier alpha value is -2.23. The Balaban J connectivity index is 2.47. The molecule has 86 valence electrons. The minimum atomic E-state index is -1.08. The Bertz CT molecular complexity index is 564. The van der Waals surface area contributed by atoms with E-state index in [1.54, 1.807) is 25.1 Å². The van der Waals surface area contributed by atoms with Crippen molar-refractivity contribution in [1.29, 1.82) is 0 Å². The van der Waals surface area contributed by atoms with Crippen LogP contribution in [0.25, 0.3) is 11.1 Å². The SMILES string of the molecule is Cc1c(F)cccc1-c1ccc(C(=O)O)nc1. The number of aromatic carboxylic acids is 1. The molecule has 0 aliphatic carbocycles. The molecule has 0 atom stereocenters. The molecule has 3 nitrogen and oxygen atoms in total. The van der Waals surface area contributed by atoms with Crippen molar-refractivity contribution in [3.63, 3.8) is 0 Å². The highest BCUT2D eigenvalue weighted by atomic mass is 19.1. The number of carboxylic acid groups (broad SMARTS) is 1. The highest BCUT2D eigenvalue weighted by molar-refractivity contribution is 5.85. The van der Waals surface area contributed by atoms with Gasteiger partial charge in [-0.15, -0.1) is 0 Å². The predicted molar refractivity (Wildman–Crippen MR) is 61.3 cm³/mol. The van der Waals surface area contributed by atoms with Gasteiger partial charge in [-0.1, -0.05) is 18.2 Å². The largest absolute Gasteiger partial charge is 0.477 e. The van der Waals surface area contributed by atoms with E-state index in [-0.39, 0.29) is 11.5 Å². The van der Waals surface area contributed by atoms with Crippen LogP contribution in [0.15, 0.2) is 36.5 Å². The lowest BCUT2D eigenvalue weighted by atomic mass is 10.0. The van der Waals surface area contributed by atoms with Crippen molar-refractivity contribution in [2.45, 2.75) is 6.92 Å². The molecule has 0 spiro atoms. The van der Waals surface area contributed by atoms with Crippen LogP contribution >= 0.6 is 0 Å². The Morgan fingerprint density at radius 3 is 2.65 bits per heavy atom. The molecule has 0 saturated heterocycles. The monoisotopic (exact) mass is 231 g/mol. The molecular formula is C13H10FNO2. The number of nitrogens with zero attached hydrogens (tertiary/aromatic N) is 1. The van der Waals surface area contributed by atoms with Gasteiger partial charge in [0, 0.05) is 11.8 Å². The molecule has 1 N–H and O–H groups in total. The molecule has 0 bridgehead atoms. The normalized spacial score (nSPS) is 10.2. The van der Waals surface area contributed by atoms with Crippen LogP contribution in [0.3, 0.4) is 0 Å². The summed E-state index contributed by atoms with van der Waals surface area (Å²) in [4.78, 5) is 14.5. The van der Waals surface area contributed by atoms with Gasteiger partial charge in [-0.2, -0.15) is 0 Å². The quantitative estimate of drug-likeness (QED) is 0.864. The standard InChI is InChI=1S/C13H10FNO2/c1-8-10(3-2-4-11(8)14)9-5-6-12(13(16)17)15-7-9/h2-7H,1H3,(H,16,17). The molecule has 1 heterocycles. The molecule has 0 aliphatic rings. The highest BCUT2D eigenvalue weighted by Gasteiger charge is 2.08. The smallest absolute Gasteiger partial charge is 0.354 e. The molecule has 17 heavy (non-hydrogen) atoms. The molecule has 2 aromatic rings. The third-order valence-corrected chi connectivity index (χ3v) is 2.56. The van der Waals surface area contributed by atoms with E-state index in [1.165, 1.54) is 18.3 Å². The molecule has 1 aromatic heterocycles. The van der Waals surface area contributed by atoms with Gasteiger partial charge in [-0.05, 0) is 30.2 Å². The number of hydrogen-bond acceptors (Lipinski definition) is 2. The zero-order valence-electron chi connectivity index (χ0n) is 9.14. The van der Waals surface area contributed by atoms with Crippen molar-refractivity contribution in [3.05, 3.63) is 53.6 Å². The maximum Gasteiger partial charge on any atom is 0.354 e. The fraction of sp³-hybridized carbons (Fsp3) is 0.0769. The fourth-order valence-electron chi connectivity index (χ4n) is 1.60. The number of pyridine rings is 1. The van der Waals surface area contributed by atoms with Crippen LogP contribution in [0, 0.1) is 12.7 Å². The van der Waals surface area contributed by atoms with Crippen LogP contribution in [0.1, 0.15) is 16.1 Å². The summed E-state index contributed by atoms with van der Waals surface area (Å²) in [5.41, 5.74) is 1.92. The first kappa shape index (κ1) is 11.3. The van der Waals surface area contributed by atoms with Crippen LogP contribution in [-0.4, -0.2) is 16.1 Å². The topological polar surface area (TPSA) is 50.2 Å². The Morgan fingerprint density at radius 2 is 2.06 bits per heavy atom. The molecule has 0 fully saturated rings. The lowest BCUT2D eigenvalue weighted by Gasteiger charge is -2.06. The van der Waals surface area contributed by atoms with Crippen LogP contribution in [0.2, 0.25) is 0 Å². The summed E-state index contributed by atoms with van der Waals surface area (Å²) in [6, 6.07) is 7.80. The van der Waals surface area contributed by atoms with Crippen LogP contribution in [-0.2, 0) is 0 Å². The van der Waals surface area contributed by atoms with Gasteiger partial charge in [0.1, 0.15) is 11.5 Å². The second-order valence-corrected chi connectivity index (χ2v) is 3.65. The summed E-state index contributed by atoms with van der Waals surface area (Å²) in [5, 5.41) is 8.72. The van der Waals surface area contributed by atoms with Gasteiger partial charge < -0.3 is 5.11 Å². The van der Waals surface area contributed by atoms with Gasteiger partial charge in [-0.3, -0.25) is 0 Å². The van der Waals surface area contributed by atoms with Gasteiger partial charge in [0.2, 0.25) is 0 Å². The number of hydrogen-bond donors (Lipinski definition) is 1. The van der Waals surface area contributed by atoms with Crippen molar-refractivity contribution in [1.82, 2.24) is 4.98 Å². The van der Waals surface area contributed by atoms with Crippen LogP contribution in [0.4, 0.5) is 4.39 Å². The molecule has 0 unspecified atom stereocenters. The van der Waals surface area contributed by atoms with Gasteiger partial charge in [0.15, 0.2) is 0 Å². The first-order valence-electron chi connectivity index (χ1n) is 5.04. The molecule has 4 heteroatoms. The molecule has 0 amide bonds. The summed E-state index contributed by atoms with van der Waals surface area (Å²) in [5.74, 6) is -1.36. The zero-order valence-corrected chi connectivity index (χ0v) is 9.14. The van der Waals surface area contributed by atoms with E-state index in [1.807, 2.05) is 0 Å². The van der Waals surface area contributed by atoms with E-state index in [9.17, 15) is 9.18 Å². The van der Waals surface area contributed by atoms with Gasteiger partial charge in [0.05, 0.1) is 0 Å². The number of aromatic nitrogens is 1. The number of carbonyl (C=O) groups is 1. The predicted octanol–water partition coefficient (Wildman–Crippen LogP) is 2.89. The zero-order chi connectivity index (χ0) is 12.4. The third kappa shape index (κ3) is 2.15. The van der Waals surface area contributed by atoms with Gasteiger partial charge in [0.25, 0.3) is 0 Å². The molecule has 1 aromatic carbocycles. The van der Waals surface area contributed by atoms with E-state index in [4.69, 9.17) is 5.11 Å². The lowest BCUT2D eigenvalue weighted by molar-refractivity contribution is 0.0690. The molecule has 0 radical (unpaired) electrons. The van der Waals surface area contributed by atoms with E-state index >= 15 is 0 Å². The lowest BCUT2D eigenvalue weighted by Crippen LogP contribution is -1.99. The number of rotatable bonds is 2. The van der Waals surface area contributed by atoms with Crippen molar-refractivity contribution >= 4 is 5.97 Å². The van der Waals surface area contributed by atoms with E-state index in [0.29, 0.717) is 11.1 Å². The van der Waals surface area contributed by atoms with E-state index < -0.39 is 5.97 Å². The number of halogens is 1. The average molecular weight is 231 g/mol. The third-order valence-electron chi connectivity index (χ3n) is 2.56. The second-order valence-electron chi connectivity index (χ2n) is 3.65. The van der Waals surface area contributed by atoms with Crippen molar-refractivity contribution in [2.24, 2.45) is 0 Å². The molecule has 0 saturated carbocycles. The fourth-order valence-corrected chi connectivity index (χ4v) is 1.60. The Kier molecular flexibility index (Phi) is 2.87. The highest BCUT2D eigenvalue weighted by Crippen LogP contribution is 2.24. The summed E-state index contributed by atoms with van der Waals surface area (Å²) >= 11 is 0. The summed E-state index contributed by atoms with van der Waals surface area (Å²) in [6.45, 7) is 1.68. The van der Waals surface area contributed by atoms with Crippen molar-refractivity contribution in [2.75, 3.05) is 0 Å². The maximum atomic E-state index is 13.4. The minimum Gasteiger partial charge on any atom is -0.477 e. The average Bonchev–Trinajstić information content (AvgIpc) is 2.33. The molecule has 2 rings (SSSR count). The first-order chi connectivity index (χ1) is 8.09. The van der Waals surface area contributed by atoms with Crippen LogP contribution < -0.4 is 0 Å². The maximum absolute atomic E-state index is 13.4. The van der Waals surface area contributed by atoms with Crippen LogP contribution in [0.5, 0.6) is 0 Å². The van der Waals surface area contributed by atoms with Crippen molar-refractivity contribution < 1.29 is 14.3 Å². The van der Waals surface area contributed by atoms with Gasteiger partial charge >= 0.3 is 5.97 Å². The van der Waals surface area contributed by atoms with E-state index in [2.05, 4.69) is 4.98 Å². The summed E-state index contributed by atoms with van der Waals surface area (Å²) < 4.78 is 13.4. The van der Waals surface area contributed by atoms with Crippen molar-refractivity contribution in [3.8, 4) is 11.1 Å². The summed E-state index contributed by atoms with van der Waals surface area (Å²) in [6.07, 6.45) is 1.44. The molecular weight excluding hydrogens is 221 g/mol. The second kappa shape index (κ2) is 4.33. The van der Waals surface area contributed by atoms with Gasteiger partial charge in [-0.25, -0.2) is 14.2 Å². The molecule has 0 aliphatic heterocycles.